The number of carbonyl (C=O) groups excluding carboxylic acids is 2. The maximum absolute atomic E-state index is 12.9. The lowest BCUT2D eigenvalue weighted by atomic mass is 10.0. The van der Waals surface area contributed by atoms with E-state index in [9.17, 15) is 19.0 Å². The quantitative estimate of drug-likeness (QED) is 0.0211. The van der Waals surface area contributed by atoms with Gasteiger partial charge in [0.2, 0.25) is 0 Å². The molecule has 0 rings (SSSR count). The van der Waals surface area contributed by atoms with Gasteiger partial charge in [0.15, 0.2) is 6.10 Å². The van der Waals surface area contributed by atoms with E-state index in [4.69, 9.17) is 18.5 Å². The molecule has 0 aromatic carbocycles. The first-order valence-electron chi connectivity index (χ1n) is 42.3. The summed E-state index contributed by atoms with van der Waals surface area (Å²) in [6.45, 7) is 4.39. The number of hydrogen-bond acceptors (Lipinski definition) is 7. The van der Waals surface area contributed by atoms with Crippen LogP contribution in [-0.2, 0) is 32.7 Å². The number of allylic oxidation sites excluding steroid dienone is 14. The molecule has 0 aliphatic heterocycles. The van der Waals surface area contributed by atoms with Crippen LogP contribution in [0.4, 0.5) is 0 Å². The molecular formula is C88H163NO8P+. The monoisotopic (exact) mass is 1390 g/mol. The summed E-state index contributed by atoms with van der Waals surface area (Å²) in [6, 6.07) is 0. The molecule has 0 fully saturated rings. The molecule has 1 N–H and O–H groups in total. The number of phosphoric ester groups is 1. The van der Waals surface area contributed by atoms with Crippen LogP contribution in [0.15, 0.2) is 85.1 Å². The van der Waals surface area contributed by atoms with Crippen LogP contribution >= 0.6 is 7.82 Å². The first kappa shape index (κ1) is 95.2. The van der Waals surface area contributed by atoms with Crippen molar-refractivity contribution in [3.63, 3.8) is 0 Å². The summed E-state index contributed by atoms with van der Waals surface area (Å²) >= 11 is 0. The first-order valence-corrected chi connectivity index (χ1v) is 43.8. The third-order valence-electron chi connectivity index (χ3n) is 18.9. The number of carbonyl (C=O) groups is 2. The molecule has 0 spiro atoms. The fourth-order valence-corrected chi connectivity index (χ4v) is 13.2. The van der Waals surface area contributed by atoms with E-state index >= 15 is 0 Å². The molecule has 2 atom stereocenters. The number of rotatable bonds is 79. The zero-order valence-corrected chi connectivity index (χ0v) is 66.4. The standard InChI is InChI=1S/C88H162NO8P/c1-6-8-10-12-14-16-18-20-22-24-26-28-30-32-34-36-38-40-41-42-43-44-45-46-47-49-51-53-55-57-59-61-63-65-67-69-71-73-75-77-79-81-88(91)97-86(85-96-98(92,93)95-83-82-89(3,4)5)84-94-87(90)80-78-76-74-72-70-68-66-64-62-60-58-56-54-52-50-48-39-37-35-33-31-29-27-25-23-21-19-17-15-13-11-9-7-2/h8,10,14,16,20,22,25-28,32,34,38,40,86H,6-7,9,11-13,15,17-19,21,23-24,29-31,33,35-37,39,41-85H2,1-5H3/p+1/b10-8-,16-14-,22-20-,27-25-,28-26-,34-32-,40-38-. The topological polar surface area (TPSA) is 108 Å². The molecule has 2 unspecified atom stereocenters. The molecule has 0 bridgehead atoms. The fourth-order valence-electron chi connectivity index (χ4n) is 12.5. The molecule has 0 saturated heterocycles. The van der Waals surface area contributed by atoms with Gasteiger partial charge < -0.3 is 18.9 Å². The van der Waals surface area contributed by atoms with Crippen molar-refractivity contribution in [1.82, 2.24) is 0 Å². The second-order valence-electron chi connectivity index (χ2n) is 29.8. The van der Waals surface area contributed by atoms with Crippen molar-refractivity contribution in [2.75, 3.05) is 47.5 Å². The highest BCUT2D eigenvalue weighted by Gasteiger charge is 2.27. The van der Waals surface area contributed by atoms with Crippen molar-refractivity contribution in [2.24, 2.45) is 0 Å². The second-order valence-corrected chi connectivity index (χ2v) is 31.3. The number of phosphoric acid groups is 1. The Bertz CT molecular complexity index is 1930. The molecule has 0 radical (unpaired) electrons. The lowest BCUT2D eigenvalue weighted by Gasteiger charge is -2.24. The molecule has 0 amide bonds. The minimum absolute atomic E-state index is 0.0333. The van der Waals surface area contributed by atoms with E-state index in [1.807, 2.05) is 21.1 Å². The van der Waals surface area contributed by atoms with Gasteiger partial charge in [0.1, 0.15) is 19.8 Å². The highest BCUT2D eigenvalue weighted by atomic mass is 31.2. The second kappa shape index (κ2) is 78.3. The van der Waals surface area contributed by atoms with Gasteiger partial charge in [0, 0.05) is 12.8 Å². The number of esters is 2. The Kier molecular flexibility index (Phi) is 76.1. The highest BCUT2D eigenvalue weighted by molar-refractivity contribution is 7.47. The molecule has 572 valence electrons. The van der Waals surface area contributed by atoms with Crippen molar-refractivity contribution >= 4 is 19.8 Å². The van der Waals surface area contributed by atoms with Crippen LogP contribution in [0.2, 0.25) is 0 Å². The zero-order chi connectivity index (χ0) is 71.1. The van der Waals surface area contributed by atoms with Gasteiger partial charge >= 0.3 is 19.8 Å². The molecule has 0 aromatic heterocycles. The summed E-state index contributed by atoms with van der Waals surface area (Å²) in [6.07, 6.45) is 109. The molecule has 0 heterocycles. The number of hydrogen-bond donors (Lipinski definition) is 1. The Morgan fingerprint density at radius 3 is 0.878 bits per heavy atom. The number of nitrogens with zero attached hydrogens (tertiary/aromatic N) is 1. The van der Waals surface area contributed by atoms with E-state index < -0.39 is 26.5 Å². The molecule has 0 saturated carbocycles. The summed E-state index contributed by atoms with van der Waals surface area (Å²) in [7, 11) is 1.50. The smallest absolute Gasteiger partial charge is 0.462 e. The Balaban J connectivity index is 3.89. The van der Waals surface area contributed by atoms with Crippen LogP contribution in [0.1, 0.15) is 412 Å². The third-order valence-corrected chi connectivity index (χ3v) is 19.9. The van der Waals surface area contributed by atoms with Crippen molar-refractivity contribution in [3.05, 3.63) is 85.1 Å². The van der Waals surface area contributed by atoms with Gasteiger partial charge in [-0.25, -0.2) is 4.57 Å². The Morgan fingerprint density at radius 1 is 0.327 bits per heavy atom. The van der Waals surface area contributed by atoms with E-state index in [1.165, 1.54) is 308 Å². The summed E-state index contributed by atoms with van der Waals surface area (Å²) in [5, 5.41) is 0. The van der Waals surface area contributed by atoms with E-state index in [-0.39, 0.29) is 25.6 Å². The van der Waals surface area contributed by atoms with E-state index in [0.29, 0.717) is 23.9 Å². The van der Waals surface area contributed by atoms with Crippen LogP contribution < -0.4 is 0 Å². The average molecular weight is 1390 g/mol. The predicted molar refractivity (Wildman–Crippen MR) is 427 cm³/mol. The number of unbranched alkanes of at least 4 members (excludes halogenated alkanes) is 51. The molecule has 98 heavy (non-hydrogen) atoms. The van der Waals surface area contributed by atoms with E-state index in [0.717, 1.165) is 70.6 Å². The fraction of sp³-hybridized carbons (Fsp3) is 0.818. The molecule has 0 aliphatic carbocycles. The van der Waals surface area contributed by atoms with Gasteiger partial charge in [-0.3, -0.25) is 18.6 Å². The highest BCUT2D eigenvalue weighted by Crippen LogP contribution is 2.43. The van der Waals surface area contributed by atoms with Gasteiger partial charge in [-0.15, -0.1) is 0 Å². The van der Waals surface area contributed by atoms with Crippen LogP contribution in [0.5, 0.6) is 0 Å². The van der Waals surface area contributed by atoms with Gasteiger partial charge in [-0.05, 0) is 89.9 Å². The van der Waals surface area contributed by atoms with Crippen molar-refractivity contribution in [2.45, 2.75) is 418 Å². The summed E-state index contributed by atoms with van der Waals surface area (Å²) in [4.78, 5) is 36.0. The minimum atomic E-state index is -4.40. The summed E-state index contributed by atoms with van der Waals surface area (Å²) in [5.74, 6) is -0.774. The lowest BCUT2D eigenvalue weighted by molar-refractivity contribution is -0.870. The lowest BCUT2D eigenvalue weighted by Crippen LogP contribution is -2.37. The number of likely N-dealkylation sites (N-methyl/N-ethyl adjacent to an activating group) is 1. The van der Waals surface area contributed by atoms with E-state index in [2.05, 4.69) is 98.9 Å². The Morgan fingerprint density at radius 2 is 0.582 bits per heavy atom. The predicted octanol–water partition coefficient (Wildman–Crippen LogP) is 28.4. The molecule has 10 heteroatoms. The largest absolute Gasteiger partial charge is 0.472 e. The average Bonchev–Trinajstić information content (AvgIpc) is 1.08. The SMILES string of the molecule is CC/C=C\C/C=C\C/C=C\C/C=C\C/C=C\C/C=C\CCCCCCCCCCCCCCCCCCCCCCCCC(=O)OC(COC(=O)CCCCCCCCCCCCCCCCCCCCCCC/C=C\CCCCCCCCCC)COP(=O)(O)OCC[N+](C)(C)C. The minimum Gasteiger partial charge on any atom is -0.462 e. The molecule has 0 aromatic rings. The Labute approximate surface area is 609 Å². The molecular weight excluding hydrogens is 1230 g/mol. The van der Waals surface area contributed by atoms with Crippen molar-refractivity contribution in [1.29, 1.82) is 0 Å². The first-order chi connectivity index (χ1) is 48.0. The maximum atomic E-state index is 12.9. The van der Waals surface area contributed by atoms with Gasteiger partial charge in [-0.2, -0.15) is 0 Å². The summed E-state index contributed by atoms with van der Waals surface area (Å²) in [5.41, 5.74) is 0. The van der Waals surface area contributed by atoms with Crippen molar-refractivity contribution in [3.8, 4) is 0 Å². The Hall–Kier alpha value is -2.81. The number of ether oxygens (including phenoxy) is 2. The van der Waals surface area contributed by atoms with Crippen LogP contribution in [0, 0.1) is 0 Å². The number of quaternary nitrogens is 1. The van der Waals surface area contributed by atoms with E-state index in [1.54, 1.807) is 0 Å². The van der Waals surface area contributed by atoms with Gasteiger partial charge in [-0.1, -0.05) is 394 Å². The maximum Gasteiger partial charge on any atom is 0.472 e. The van der Waals surface area contributed by atoms with Crippen LogP contribution in [0.3, 0.4) is 0 Å². The third kappa shape index (κ3) is 82.1. The molecule has 9 nitrogen and oxygen atoms in total. The van der Waals surface area contributed by atoms with Crippen molar-refractivity contribution < 1.29 is 42.1 Å². The molecule has 0 aliphatic rings. The van der Waals surface area contributed by atoms with Crippen LogP contribution in [-0.4, -0.2) is 74.9 Å². The van der Waals surface area contributed by atoms with Crippen LogP contribution in [0.25, 0.3) is 0 Å². The zero-order valence-electron chi connectivity index (χ0n) is 65.5. The summed E-state index contributed by atoms with van der Waals surface area (Å²) < 4.78 is 34.9. The van der Waals surface area contributed by atoms with Gasteiger partial charge in [0.25, 0.3) is 0 Å². The van der Waals surface area contributed by atoms with Gasteiger partial charge in [0.05, 0.1) is 27.7 Å². The normalized spacial score (nSPS) is 13.4.